The van der Waals surface area contributed by atoms with Gasteiger partial charge in [-0.05, 0) is 36.6 Å². The number of benzene rings is 2. The Balaban J connectivity index is 1.91. The molecule has 1 aliphatic rings. The molecule has 1 aromatic heterocycles. The van der Waals surface area contributed by atoms with Gasteiger partial charge in [0.2, 0.25) is 5.91 Å². The van der Waals surface area contributed by atoms with Gasteiger partial charge < -0.3 is 20.1 Å². The molecule has 1 aliphatic carbocycles. The van der Waals surface area contributed by atoms with Crippen LogP contribution in [0.2, 0.25) is 0 Å². The highest BCUT2D eigenvalue weighted by Gasteiger charge is 2.22. The molecule has 0 radical (unpaired) electrons. The zero-order valence-corrected chi connectivity index (χ0v) is 15.7. The summed E-state index contributed by atoms with van der Waals surface area (Å²) >= 11 is 0. The van der Waals surface area contributed by atoms with Crippen molar-refractivity contribution in [3.05, 3.63) is 42.0 Å². The number of esters is 1. The van der Waals surface area contributed by atoms with Crippen LogP contribution in [0, 0.1) is 5.92 Å². The van der Waals surface area contributed by atoms with Gasteiger partial charge in [0, 0.05) is 17.5 Å². The van der Waals surface area contributed by atoms with Crippen LogP contribution in [0.25, 0.3) is 21.8 Å². The third-order valence-electron chi connectivity index (χ3n) is 5.73. The summed E-state index contributed by atoms with van der Waals surface area (Å²) in [5.41, 5.74) is 7.83. The summed E-state index contributed by atoms with van der Waals surface area (Å²) in [6.45, 7) is 0.115. The average molecular weight is 380 g/mol. The van der Waals surface area contributed by atoms with E-state index in [1.165, 1.54) is 25.7 Å². The Hall–Kier alpha value is -2.86. The highest BCUT2D eigenvalue weighted by atomic mass is 16.5. The second-order valence-electron chi connectivity index (χ2n) is 7.44. The number of nitrogens with zero attached hydrogens (tertiary/aromatic N) is 1. The average Bonchev–Trinajstić information content (AvgIpc) is 3.32. The zero-order valence-electron chi connectivity index (χ0n) is 15.7. The molecule has 0 atom stereocenters. The molecule has 0 bridgehead atoms. The lowest BCUT2D eigenvalue weighted by Gasteiger charge is -2.12. The minimum atomic E-state index is -0.740. The van der Waals surface area contributed by atoms with E-state index in [0.717, 1.165) is 29.9 Å². The van der Waals surface area contributed by atoms with E-state index in [-0.39, 0.29) is 0 Å². The van der Waals surface area contributed by atoms with E-state index in [9.17, 15) is 9.59 Å². The smallest absolute Gasteiger partial charge is 0.337 e. The van der Waals surface area contributed by atoms with Crippen LogP contribution in [0.3, 0.4) is 0 Å². The third-order valence-corrected chi connectivity index (χ3v) is 5.73. The van der Waals surface area contributed by atoms with Gasteiger partial charge >= 0.3 is 5.97 Å². The van der Waals surface area contributed by atoms with Gasteiger partial charge in [0.25, 0.3) is 0 Å². The third kappa shape index (κ3) is 3.24. The molecular weight excluding hydrogens is 356 g/mol. The van der Waals surface area contributed by atoms with Gasteiger partial charge in [-0.1, -0.05) is 37.8 Å². The molecule has 0 unspecified atom stereocenters. The first-order valence-corrected chi connectivity index (χ1v) is 9.75. The van der Waals surface area contributed by atoms with Crippen LogP contribution in [0.1, 0.15) is 42.5 Å². The second kappa shape index (κ2) is 7.64. The monoisotopic (exact) mass is 380 g/mol. The quantitative estimate of drug-likeness (QED) is 0.506. The van der Waals surface area contributed by atoms with Crippen molar-refractivity contribution in [1.29, 1.82) is 0 Å². The van der Waals surface area contributed by atoms with Crippen molar-refractivity contribution in [2.75, 3.05) is 6.61 Å². The fourth-order valence-corrected chi connectivity index (χ4v) is 4.45. The number of primary amides is 1. The second-order valence-corrected chi connectivity index (χ2v) is 7.44. The lowest BCUT2D eigenvalue weighted by molar-refractivity contribution is -0.137. The van der Waals surface area contributed by atoms with E-state index in [2.05, 4.69) is 4.57 Å². The molecule has 1 fully saturated rings. The number of nitrogens with two attached hydrogens (primary N) is 1. The van der Waals surface area contributed by atoms with Gasteiger partial charge in [0.05, 0.1) is 16.4 Å². The lowest BCUT2D eigenvalue weighted by Crippen LogP contribution is -2.13. The predicted octanol–water partition coefficient (Wildman–Crippen LogP) is 3.37. The molecule has 146 valence electrons. The molecule has 1 heterocycles. The fourth-order valence-electron chi connectivity index (χ4n) is 4.45. The summed E-state index contributed by atoms with van der Waals surface area (Å²) in [5, 5.41) is 10.5. The lowest BCUT2D eigenvalue weighted by atomic mass is 10.0. The maximum absolute atomic E-state index is 12.1. The minimum absolute atomic E-state index is 0.329. The van der Waals surface area contributed by atoms with Crippen molar-refractivity contribution >= 4 is 33.7 Å². The van der Waals surface area contributed by atoms with E-state index >= 15 is 0 Å². The Morgan fingerprint density at radius 2 is 1.75 bits per heavy atom. The molecule has 0 aliphatic heterocycles. The Bertz CT molecular complexity index is 1050. The first kappa shape index (κ1) is 18.5. The van der Waals surface area contributed by atoms with Crippen molar-refractivity contribution in [3.63, 3.8) is 0 Å². The highest BCUT2D eigenvalue weighted by molar-refractivity contribution is 6.20. The Kier molecular flexibility index (Phi) is 5.05. The van der Waals surface area contributed by atoms with Gasteiger partial charge in [0.1, 0.15) is 12.4 Å². The van der Waals surface area contributed by atoms with Crippen molar-refractivity contribution in [2.24, 2.45) is 11.7 Å². The maximum atomic E-state index is 12.1. The van der Waals surface area contributed by atoms with Gasteiger partial charge in [-0.3, -0.25) is 4.79 Å². The van der Waals surface area contributed by atoms with Crippen LogP contribution in [0.4, 0.5) is 0 Å². The van der Waals surface area contributed by atoms with E-state index in [4.69, 9.17) is 15.6 Å². The van der Waals surface area contributed by atoms with Crippen LogP contribution >= 0.6 is 0 Å². The van der Waals surface area contributed by atoms with E-state index in [1.807, 2.05) is 24.3 Å². The standard InChI is InChI=1S/C22H24N2O4/c23-22(27)15-7-3-8-16-20(15)21-17(9-4-10-18(21)28-19(26)13-25)24(16)12-11-14-5-1-2-6-14/h3-4,7-10,14,25H,1-2,5-6,11-13H2,(H2,23,27). The van der Waals surface area contributed by atoms with Gasteiger partial charge in [-0.15, -0.1) is 0 Å². The normalized spacial score (nSPS) is 14.8. The molecule has 0 saturated heterocycles. The van der Waals surface area contributed by atoms with Crippen molar-refractivity contribution in [2.45, 2.75) is 38.6 Å². The van der Waals surface area contributed by atoms with Crippen LogP contribution in [-0.2, 0) is 11.3 Å². The molecule has 3 aromatic rings. The topological polar surface area (TPSA) is 94.6 Å². The largest absolute Gasteiger partial charge is 0.424 e. The fraction of sp³-hybridized carbons (Fsp3) is 0.364. The van der Waals surface area contributed by atoms with E-state index in [1.54, 1.807) is 12.1 Å². The number of rotatable bonds is 6. The number of amides is 1. The summed E-state index contributed by atoms with van der Waals surface area (Å²) in [6.07, 6.45) is 6.20. The first-order valence-electron chi connectivity index (χ1n) is 9.75. The number of hydrogen-bond donors (Lipinski definition) is 2. The predicted molar refractivity (Wildman–Crippen MR) is 107 cm³/mol. The molecular formula is C22H24N2O4. The molecule has 3 N–H and O–H groups in total. The molecule has 2 aromatic carbocycles. The number of aliphatic hydroxyl groups excluding tert-OH is 1. The number of aliphatic hydroxyl groups is 1. The Morgan fingerprint density at radius 1 is 1.07 bits per heavy atom. The van der Waals surface area contributed by atoms with Crippen LogP contribution in [0.5, 0.6) is 5.75 Å². The summed E-state index contributed by atoms with van der Waals surface area (Å²) in [4.78, 5) is 23.8. The van der Waals surface area contributed by atoms with Crippen LogP contribution in [-0.4, -0.2) is 28.2 Å². The number of carbonyl (C=O) groups is 2. The van der Waals surface area contributed by atoms with Crippen molar-refractivity contribution in [3.8, 4) is 5.75 Å². The molecule has 1 saturated carbocycles. The molecule has 1 amide bonds. The number of ether oxygens (including phenoxy) is 1. The van der Waals surface area contributed by atoms with Gasteiger partial charge in [-0.25, -0.2) is 4.79 Å². The number of fused-ring (bicyclic) bond motifs is 3. The Labute approximate surface area is 162 Å². The number of aromatic nitrogens is 1. The summed E-state index contributed by atoms with van der Waals surface area (Å²) < 4.78 is 7.54. The molecule has 28 heavy (non-hydrogen) atoms. The number of carbonyl (C=O) groups excluding carboxylic acids is 2. The Morgan fingerprint density at radius 3 is 2.43 bits per heavy atom. The van der Waals surface area contributed by atoms with Crippen LogP contribution < -0.4 is 10.5 Å². The summed E-state index contributed by atoms with van der Waals surface area (Å²) in [5.74, 6) is -0.211. The SMILES string of the molecule is NC(=O)c1cccc2c1c1c(OC(=O)CO)cccc1n2CCC1CCCC1. The first-order chi connectivity index (χ1) is 13.6. The molecule has 6 heteroatoms. The molecule has 4 rings (SSSR count). The van der Waals surface area contributed by atoms with Crippen molar-refractivity contribution in [1.82, 2.24) is 4.57 Å². The van der Waals surface area contributed by atoms with E-state index in [0.29, 0.717) is 22.1 Å². The number of aryl methyl sites for hydroxylation is 1. The van der Waals surface area contributed by atoms with Gasteiger partial charge in [0.15, 0.2) is 0 Å². The van der Waals surface area contributed by atoms with Crippen LogP contribution in [0.15, 0.2) is 36.4 Å². The maximum Gasteiger partial charge on any atom is 0.337 e. The zero-order chi connectivity index (χ0) is 19.7. The number of hydrogen-bond acceptors (Lipinski definition) is 4. The van der Waals surface area contributed by atoms with E-state index < -0.39 is 18.5 Å². The molecule has 0 spiro atoms. The van der Waals surface area contributed by atoms with Gasteiger partial charge in [-0.2, -0.15) is 0 Å². The summed E-state index contributed by atoms with van der Waals surface area (Å²) in [7, 11) is 0. The minimum Gasteiger partial charge on any atom is -0.424 e. The summed E-state index contributed by atoms with van der Waals surface area (Å²) in [6, 6.07) is 10.9. The highest BCUT2D eigenvalue weighted by Crippen LogP contribution is 2.38. The van der Waals surface area contributed by atoms with Crippen molar-refractivity contribution < 1.29 is 19.4 Å². The molecule has 6 nitrogen and oxygen atoms in total.